The van der Waals surface area contributed by atoms with Crippen LogP contribution in [0.3, 0.4) is 0 Å². The maximum absolute atomic E-state index is 3.00. The van der Waals surface area contributed by atoms with Gasteiger partial charge >= 0.3 is 0 Å². The molecule has 0 nitrogen and oxygen atoms in total. The number of rotatable bonds is 21. The van der Waals surface area contributed by atoms with Gasteiger partial charge < -0.3 is 0 Å². The lowest BCUT2D eigenvalue weighted by atomic mass is 10.6. The van der Waals surface area contributed by atoms with Gasteiger partial charge in [0.2, 0.25) is 0 Å². The van der Waals surface area contributed by atoms with Crippen LogP contribution in [0.2, 0.25) is 103 Å². The topological polar surface area (TPSA) is 0 Å². The molecule has 0 spiro atoms. The van der Waals surface area contributed by atoms with Gasteiger partial charge in [0.25, 0.3) is 0 Å². The van der Waals surface area contributed by atoms with Crippen molar-refractivity contribution in [3.05, 3.63) is 13.2 Å². The second kappa shape index (κ2) is 26.3. The first-order valence-electron chi connectivity index (χ1n) is 14.1. The van der Waals surface area contributed by atoms with E-state index in [2.05, 4.69) is 115 Å². The van der Waals surface area contributed by atoms with Gasteiger partial charge in [-0.3, -0.25) is 0 Å². The fourth-order valence-electron chi connectivity index (χ4n) is 3.02. The third-order valence-corrected chi connectivity index (χ3v) is 21.6. The van der Waals surface area contributed by atoms with E-state index in [4.69, 9.17) is 0 Å². The van der Waals surface area contributed by atoms with Crippen LogP contribution in [-0.4, -0.2) is 60.4 Å². The second-order valence-corrected chi connectivity index (χ2v) is 45.7. The summed E-state index contributed by atoms with van der Waals surface area (Å²) < 4.78 is 0. The number of hydrogen-bond acceptors (Lipinski definition) is 6. The van der Waals surface area contributed by atoms with E-state index in [1.807, 2.05) is 41.2 Å². The maximum atomic E-state index is 3.00. The van der Waals surface area contributed by atoms with Gasteiger partial charge in [-0.1, -0.05) is 124 Å². The Morgan fingerprint density at radius 2 is 0.649 bits per heavy atom. The lowest BCUT2D eigenvalue weighted by Gasteiger charge is -2.15. The Hall–Kier alpha value is 2.71. The summed E-state index contributed by atoms with van der Waals surface area (Å²) in [6.07, 6.45) is 5.70. The molecule has 0 bridgehead atoms. The minimum absolute atomic E-state index is 0.775. The van der Waals surface area contributed by atoms with Crippen molar-refractivity contribution in [3.8, 4) is 0 Å². The van der Waals surface area contributed by atoms with Gasteiger partial charge in [-0.2, -0.15) is 23.5 Å². The van der Waals surface area contributed by atoms with E-state index in [0.717, 1.165) is 0 Å². The van der Waals surface area contributed by atoms with Crippen LogP contribution >= 0.6 is 64.8 Å². The summed E-state index contributed by atoms with van der Waals surface area (Å²) in [6.45, 7) is 35.6. The van der Waals surface area contributed by atoms with Gasteiger partial charge in [0, 0.05) is 48.9 Å². The predicted octanol–water partition coefficient (Wildman–Crippen LogP) is 13.8. The average molecular weight is 696 g/mol. The molecule has 0 aromatic rings. The predicted molar refractivity (Wildman–Crippen MR) is 212 cm³/mol. The van der Waals surface area contributed by atoms with Crippen molar-refractivity contribution in [3.63, 3.8) is 0 Å². The van der Waals surface area contributed by atoms with Gasteiger partial charge in [0.05, 0.1) is 0 Å². The molecule has 0 aliphatic heterocycles. The van der Waals surface area contributed by atoms with Crippen LogP contribution in [0.15, 0.2) is 13.2 Å². The molecule has 0 aliphatic carbocycles. The highest BCUT2D eigenvalue weighted by Crippen LogP contribution is 2.43. The molecule has 0 saturated carbocycles. The number of hydrogen-bond donors (Lipinski definition) is 0. The molecule has 0 radical (unpaired) electrons. The minimum atomic E-state index is -0.792. The van der Waals surface area contributed by atoms with Gasteiger partial charge in [0.1, 0.15) is 0 Å². The van der Waals surface area contributed by atoms with Crippen LogP contribution in [-0.2, 0) is 0 Å². The summed E-state index contributed by atoms with van der Waals surface area (Å²) >= 11 is 4.30. The van der Waals surface area contributed by atoms with Gasteiger partial charge in [0.15, 0.2) is 0 Å². The molecule has 0 unspecified atom stereocenters. The minimum Gasteiger partial charge on any atom is -0.151 e. The summed E-state index contributed by atoms with van der Waals surface area (Å²) in [5, 5.41) is 1.32. The Kier molecular flexibility index (Phi) is 31.4. The van der Waals surface area contributed by atoms with E-state index in [1.54, 1.807) is 0 Å². The van der Waals surface area contributed by atoms with Gasteiger partial charge in [-0.15, -0.1) is 13.2 Å². The molecule has 0 N–H and O–H groups in total. The average Bonchev–Trinajstić information content (AvgIpc) is 2.73. The van der Waals surface area contributed by atoms with Crippen LogP contribution < -0.4 is 0 Å². The summed E-state index contributed by atoms with van der Waals surface area (Å²) in [4.78, 5) is 0. The maximum Gasteiger partial charge on any atom is 0.0442 e. The molecule has 0 saturated heterocycles. The fraction of sp³-hybridized carbons (Fsp3) is 0.926. The lowest BCUT2D eigenvalue weighted by Crippen LogP contribution is -2.19. The van der Waals surface area contributed by atoms with E-state index in [-0.39, 0.29) is 0 Å². The third-order valence-electron chi connectivity index (χ3n) is 5.03. The molecular weight excluding hydrogens is 629 g/mol. The van der Waals surface area contributed by atoms with E-state index in [1.165, 1.54) is 78.0 Å². The van der Waals surface area contributed by atoms with Crippen LogP contribution in [0.25, 0.3) is 0 Å². The molecule has 226 valence electrons. The van der Waals surface area contributed by atoms with Crippen molar-refractivity contribution in [2.24, 2.45) is 0 Å². The zero-order chi connectivity index (χ0) is 29.4. The van der Waals surface area contributed by atoms with Crippen LogP contribution in [0, 0.1) is 0 Å². The molecule has 0 aliphatic rings. The van der Waals surface area contributed by atoms with E-state index in [0.29, 0.717) is 0 Å². The van der Waals surface area contributed by atoms with Crippen LogP contribution in [0.1, 0.15) is 25.7 Å². The van der Waals surface area contributed by atoms with E-state index < -0.39 is 32.3 Å². The summed E-state index contributed by atoms with van der Waals surface area (Å²) in [7, 11) is 4.93. The normalized spacial score (nSPS) is 12.4. The van der Waals surface area contributed by atoms with Gasteiger partial charge in [-0.25, -0.2) is 0 Å². The van der Waals surface area contributed by atoms with Crippen molar-refractivity contribution >= 4 is 97.1 Å². The SMILES string of the molecule is C=C.C[Si](C)(C)CCCSCSCCC[Si](C)(C)C.C[Si](C)(C)CCCSSSSCCC[Si](C)(C)C. The molecule has 0 aromatic carbocycles. The highest BCUT2D eigenvalue weighted by molar-refractivity contribution is 9.26. The van der Waals surface area contributed by atoms with Crippen LogP contribution in [0.4, 0.5) is 0 Å². The highest BCUT2D eigenvalue weighted by Gasteiger charge is 2.14. The molecule has 0 atom stereocenters. The summed E-state index contributed by atoms with van der Waals surface area (Å²) in [5.74, 6) is 5.42. The first kappa shape index (κ1) is 44.2. The molecule has 37 heavy (non-hydrogen) atoms. The standard InChI is InChI=1S/C13H32S2Si2.C12H30S4Si2.C2H4/c1-16(2,3)11-7-9-14-13-15-10-8-12-17(4,5)6;1-17(2,3)11-7-9-13-15-16-14-10-8-12-18(4,5)6;1-2/h7-13H2,1-6H3;7-12H2,1-6H3;1-2H2. The first-order chi connectivity index (χ1) is 16.9. The molecule has 10 heteroatoms. The molecule has 0 fully saturated rings. The second-order valence-electron chi connectivity index (χ2n) is 14.4. The summed E-state index contributed by atoms with van der Waals surface area (Å²) in [5.41, 5.74) is 0. The molecular formula is C27H66S6Si4. The Morgan fingerprint density at radius 3 is 0.892 bits per heavy atom. The summed E-state index contributed by atoms with van der Waals surface area (Å²) in [6, 6.07) is 5.96. The smallest absolute Gasteiger partial charge is 0.0442 e. The lowest BCUT2D eigenvalue weighted by molar-refractivity contribution is 1.06. The molecule has 0 amide bonds. The van der Waals surface area contributed by atoms with Crippen LogP contribution in [0.5, 0.6) is 0 Å². The molecule has 0 heterocycles. The van der Waals surface area contributed by atoms with Crippen molar-refractivity contribution in [2.45, 2.75) is 128 Å². The Balaban J connectivity index is -0.000000586. The van der Waals surface area contributed by atoms with Crippen molar-refractivity contribution in [1.29, 1.82) is 0 Å². The van der Waals surface area contributed by atoms with E-state index in [9.17, 15) is 0 Å². The van der Waals surface area contributed by atoms with Crippen molar-refractivity contribution in [2.75, 3.05) is 28.1 Å². The quantitative estimate of drug-likeness (QED) is 0.0383. The van der Waals surface area contributed by atoms with Crippen molar-refractivity contribution in [1.82, 2.24) is 0 Å². The largest absolute Gasteiger partial charge is 0.151 e. The Labute approximate surface area is 264 Å². The monoisotopic (exact) mass is 694 g/mol. The molecule has 0 aromatic heterocycles. The fourth-order valence-corrected chi connectivity index (χ4v) is 17.2. The highest BCUT2D eigenvalue weighted by atomic mass is 33.7. The van der Waals surface area contributed by atoms with Crippen molar-refractivity contribution < 1.29 is 0 Å². The number of thioether (sulfide) groups is 2. The first-order valence-corrected chi connectivity index (χ1v) is 36.4. The Morgan fingerprint density at radius 1 is 0.405 bits per heavy atom. The zero-order valence-electron chi connectivity index (χ0n) is 27.1. The zero-order valence-corrected chi connectivity index (χ0v) is 36.0. The third kappa shape index (κ3) is 51.9. The molecule has 0 rings (SSSR count). The Bertz CT molecular complexity index is 441. The van der Waals surface area contributed by atoms with E-state index >= 15 is 0 Å². The van der Waals surface area contributed by atoms with Gasteiger partial charge in [-0.05, 0) is 56.8 Å².